The van der Waals surface area contributed by atoms with Crippen molar-refractivity contribution in [2.75, 3.05) is 11.2 Å². The van der Waals surface area contributed by atoms with E-state index in [9.17, 15) is 13.2 Å². The van der Waals surface area contributed by atoms with Crippen molar-refractivity contribution in [3.8, 4) is 0 Å². The number of aromatic nitrogens is 1. The van der Waals surface area contributed by atoms with Gasteiger partial charge in [-0.2, -0.15) is 0 Å². The molecule has 5 nitrogen and oxygen atoms in total. The normalized spacial score (nSPS) is 15.5. The molecular formula is C22H24N2O3S2. The molecule has 2 aromatic carbocycles. The van der Waals surface area contributed by atoms with E-state index in [1.807, 2.05) is 30.3 Å². The Morgan fingerprint density at radius 3 is 2.52 bits per heavy atom. The third-order valence-corrected chi connectivity index (χ3v) is 7.56. The molecule has 1 fully saturated rings. The van der Waals surface area contributed by atoms with Crippen molar-refractivity contribution in [2.24, 2.45) is 5.92 Å². The van der Waals surface area contributed by atoms with Crippen LogP contribution in [0.5, 0.6) is 0 Å². The minimum absolute atomic E-state index is 0.0334. The molecule has 0 bridgehead atoms. The number of rotatable bonds is 5. The van der Waals surface area contributed by atoms with Crippen LogP contribution < -0.4 is 4.90 Å². The highest BCUT2D eigenvalue weighted by molar-refractivity contribution is 7.90. The molecule has 7 heteroatoms. The maximum atomic E-state index is 13.4. The molecule has 1 aromatic heterocycles. The Hall–Kier alpha value is -2.25. The van der Waals surface area contributed by atoms with Crippen molar-refractivity contribution in [1.29, 1.82) is 0 Å². The Balaban J connectivity index is 1.72. The molecule has 0 unspecified atom stereocenters. The molecule has 0 N–H and O–H groups in total. The zero-order valence-electron chi connectivity index (χ0n) is 16.4. The van der Waals surface area contributed by atoms with Crippen LogP contribution in [0.15, 0.2) is 53.4 Å². The van der Waals surface area contributed by atoms with Crippen LogP contribution in [0.1, 0.15) is 37.7 Å². The lowest BCUT2D eigenvalue weighted by Gasteiger charge is -2.27. The number of fused-ring (bicyclic) bond motifs is 1. The second-order valence-corrected chi connectivity index (χ2v) is 10.7. The number of benzene rings is 2. The van der Waals surface area contributed by atoms with E-state index in [4.69, 9.17) is 0 Å². The summed E-state index contributed by atoms with van der Waals surface area (Å²) in [5.41, 5.74) is 1.76. The standard InChI is InChI=1S/C22H24N2O3S2/c1-29(26,27)18-12-13-19-20(14-18)28-22(23-19)24(15-16-8-4-2-5-9-16)21(25)17-10-6-3-7-11-17/h2,4-5,8-9,12-14,17H,3,6-7,10-11,15H2,1H3. The first-order chi connectivity index (χ1) is 13.9. The summed E-state index contributed by atoms with van der Waals surface area (Å²) in [5, 5.41) is 0.630. The van der Waals surface area contributed by atoms with Gasteiger partial charge in [0.15, 0.2) is 15.0 Å². The molecule has 1 saturated carbocycles. The summed E-state index contributed by atoms with van der Waals surface area (Å²) in [5.74, 6) is 0.155. The lowest BCUT2D eigenvalue weighted by atomic mass is 9.88. The van der Waals surface area contributed by atoms with Crippen LogP contribution in [0, 0.1) is 5.92 Å². The van der Waals surface area contributed by atoms with Crippen molar-refractivity contribution in [3.63, 3.8) is 0 Å². The highest BCUT2D eigenvalue weighted by atomic mass is 32.2. The summed E-state index contributed by atoms with van der Waals surface area (Å²) in [7, 11) is -3.29. The number of hydrogen-bond donors (Lipinski definition) is 0. The summed E-state index contributed by atoms with van der Waals surface area (Å²) >= 11 is 1.38. The average molecular weight is 429 g/mol. The molecule has 1 amide bonds. The van der Waals surface area contributed by atoms with Crippen molar-refractivity contribution < 1.29 is 13.2 Å². The summed E-state index contributed by atoms with van der Waals surface area (Å²) in [6.07, 6.45) is 6.42. The van der Waals surface area contributed by atoms with E-state index in [1.165, 1.54) is 24.0 Å². The molecule has 0 saturated heterocycles. The predicted octanol–water partition coefficient (Wildman–Crippen LogP) is 4.81. The number of sulfone groups is 1. The molecule has 0 radical (unpaired) electrons. The maximum absolute atomic E-state index is 13.4. The van der Waals surface area contributed by atoms with Gasteiger partial charge in [0.05, 0.1) is 21.7 Å². The van der Waals surface area contributed by atoms with Crippen LogP contribution in [0.3, 0.4) is 0 Å². The van der Waals surface area contributed by atoms with Gasteiger partial charge in [-0.1, -0.05) is 60.9 Å². The second kappa shape index (κ2) is 8.24. The number of carbonyl (C=O) groups excluding carboxylic acids is 1. The monoisotopic (exact) mass is 428 g/mol. The SMILES string of the molecule is CS(=O)(=O)c1ccc2nc(N(Cc3ccccc3)C(=O)C3CCCCC3)sc2c1. The van der Waals surface area contributed by atoms with Gasteiger partial charge in [-0.3, -0.25) is 9.69 Å². The van der Waals surface area contributed by atoms with Crippen molar-refractivity contribution >= 4 is 42.4 Å². The van der Waals surface area contributed by atoms with Crippen molar-refractivity contribution in [2.45, 2.75) is 43.5 Å². The van der Waals surface area contributed by atoms with Crippen LogP contribution in [0.25, 0.3) is 10.2 Å². The van der Waals surface area contributed by atoms with Crippen LogP contribution in [0.4, 0.5) is 5.13 Å². The van der Waals surface area contributed by atoms with Gasteiger partial charge < -0.3 is 0 Å². The summed E-state index contributed by atoms with van der Waals surface area (Å²) in [4.78, 5) is 20.1. The minimum atomic E-state index is -3.29. The summed E-state index contributed by atoms with van der Waals surface area (Å²) in [6, 6.07) is 14.9. The number of carbonyl (C=O) groups is 1. The molecule has 29 heavy (non-hydrogen) atoms. The quantitative estimate of drug-likeness (QED) is 0.585. The Morgan fingerprint density at radius 2 is 1.83 bits per heavy atom. The first kappa shape index (κ1) is 20.0. The van der Waals surface area contributed by atoms with Crippen LogP contribution in [-0.4, -0.2) is 25.6 Å². The zero-order valence-corrected chi connectivity index (χ0v) is 18.0. The van der Waals surface area contributed by atoms with E-state index in [2.05, 4.69) is 4.98 Å². The summed E-state index contributed by atoms with van der Waals surface area (Å²) < 4.78 is 24.6. The first-order valence-corrected chi connectivity index (χ1v) is 12.6. The molecule has 4 rings (SSSR count). The highest BCUT2D eigenvalue weighted by Gasteiger charge is 2.29. The molecule has 0 atom stereocenters. The molecule has 1 aliphatic carbocycles. The molecule has 3 aromatic rings. The zero-order chi connectivity index (χ0) is 20.4. The van der Waals surface area contributed by atoms with Crippen LogP contribution >= 0.6 is 11.3 Å². The number of anilines is 1. The molecule has 1 aliphatic rings. The Labute approximate surface area is 175 Å². The Kier molecular flexibility index (Phi) is 5.69. The van der Waals surface area contributed by atoms with E-state index in [-0.39, 0.29) is 16.7 Å². The van der Waals surface area contributed by atoms with Crippen molar-refractivity contribution in [3.05, 3.63) is 54.1 Å². The molecule has 1 heterocycles. The number of hydrogen-bond acceptors (Lipinski definition) is 5. The first-order valence-electron chi connectivity index (χ1n) is 9.88. The summed E-state index contributed by atoms with van der Waals surface area (Å²) in [6.45, 7) is 0.467. The van der Waals surface area contributed by atoms with Gasteiger partial charge in [-0.25, -0.2) is 13.4 Å². The number of thiazole rings is 1. The van der Waals surface area contributed by atoms with E-state index in [0.717, 1.165) is 35.9 Å². The van der Waals surface area contributed by atoms with Gasteiger partial charge in [0, 0.05) is 12.2 Å². The van der Waals surface area contributed by atoms with E-state index >= 15 is 0 Å². The lowest BCUT2D eigenvalue weighted by molar-refractivity contribution is -0.123. The van der Waals surface area contributed by atoms with Gasteiger partial charge in [0.25, 0.3) is 0 Å². The number of nitrogens with zero attached hydrogens (tertiary/aromatic N) is 2. The number of amides is 1. The Bertz CT molecular complexity index is 1120. The fourth-order valence-corrected chi connectivity index (χ4v) is 5.55. The topological polar surface area (TPSA) is 67.3 Å². The molecule has 0 aliphatic heterocycles. The minimum Gasteiger partial charge on any atom is -0.283 e. The van der Waals surface area contributed by atoms with E-state index in [1.54, 1.807) is 23.1 Å². The molecular weight excluding hydrogens is 404 g/mol. The maximum Gasteiger partial charge on any atom is 0.232 e. The third-order valence-electron chi connectivity index (χ3n) is 5.41. The van der Waals surface area contributed by atoms with E-state index < -0.39 is 9.84 Å². The Morgan fingerprint density at radius 1 is 1.10 bits per heavy atom. The van der Waals surface area contributed by atoms with Crippen LogP contribution in [-0.2, 0) is 21.2 Å². The van der Waals surface area contributed by atoms with Crippen molar-refractivity contribution in [1.82, 2.24) is 4.98 Å². The fourth-order valence-electron chi connectivity index (χ4n) is 3.81. The van der Waals surface area contributed by atoms with Crippen LogP contribution in [0.2, 0.25) is 0 Å². The smallest absolute Gasteiger partial charge is 0.232 e. The van der Waals surface area contributed by atoms with Gasteiger partial charge in [-0.15, -0.1) is 0 Å². The third kappa shape index (κ3) is 4.51. The fraction of sp³-hybridized carbons (Fsp3) is 0.364. The highest BCUT2D eigenvalue weighted by Crippen LogP contribution is 2.34. The predicted molar refractivity (Wildman–Crippen MR) is 117 cm³/mol. The largest absolute Gasteiger partial charge is 0.283 e. The van der Waals surface area contributed by atoms with Gasteiger partial charge in [0.2, 0.25) is 5.91 Å². The lowest BCUT2D eigenvalue weighted by Crippen LogP contribution is -2.36. The second-order valence-electron chi connectivity index (χ2n) is 7.64. The van der Waals surface area contributed by atoms with Gasteiger partial charge >= 0.3 is 0 Å². The van der Waals surface area contributed by atoms with E-state index in [0.29, 0.717) is 17.2 Å². The molecule has 0 spiro atoms. The van der Waals surface area contributed by atoms with Gasteiger partial charge in [-0.05, 0) is 36.6 Å². The molecule has 152 valence electrons. The average Bonchev–Trinajstić information content (AvgIpc) is 3.15. The van der Waals surface area contributed by atoms with Gasteiger partial charge in [0.1, 0.15) is 0 Å².